The van der Waals surface area contributed by atoms with E-state index in [9.17, 15) is 0 Å². The number of aromatic nitrogens is 2. The highest BCUT2D eigenvalue weighted by Crippen LogP contribution is 2.38. The van der Waals surface area contributed by atoms with Crippen molar-refractivity contribution in [2.45, 2.75) is 0 Å². The van der Waals surface area contributed by atoms with Crippen LogP contribution >= 0.6 is 0 Å². The molecule has 0 aliphatic heterocycles. The Labute approximate surface area is 260 Å². The van der Waals surface area contributed by atoms with E-state index in [0.29, 0.717) is 5.82 Å². The number of para-hydroxylation sites is 1. The summed E-state index contributed by atoms with van der Waals surface area (Å²) in [5.41, 5.74) is 10.3. The minimum atomic E-state index is 0.706. The summed E-state index contributed by atoms with van der Waals surface area (Å²) < 4.78 is 6.34. The second-order valence-electron chi connectivity index (χ2n) is 11.4. The van der Waals surface area contributed by atoms with Gasteiger partial charge in [-0.1, -0.05) is 121 Å². The topological polar surface area (TPSA) is 38.9 Å². The maximum absolute atomic E-state index is 6.34. The smallest absolute Gasteiger partial charge is 0.160 e. The lowest BCUT2D eigenvalue weighted by Gasteiger charge is -2.12. The largest absolute Gasteiger partial charge is 0.455 e. The van der Waals surface area contributed by atoms with Crippen molar-refractivity contribution in [1.29, 1.82) is 0 Å². The number of rotatable bonds is 4. The lowest BCUT2D eigenvalue weighted by atomic mass is 9.97. The maximum Gasteiger partial charge on any atom is 0.160 e. The van der Waals surface area contributed by atoms with E-state index in [1.165, 1.54) is 11.1 Å². The van der Waals surface area contributed by atoms with Crippen LogP contribution in [0.5, 0.6) is 0 Å². The fraction of sp³-hybridized carbons (Fsp3) is 0. The van der Waals surface area contributed by atoms with Crippen molar-refractivity contribution in [3.8, 4) is 44.9 Å². The van der Waals surface area contributed by atoms with Crippen LogP contribution in [-0.4, -0.2) is 9.97 Å². The summed E-state index contributed by atoms with van der Waals surface area (Å²) >= 11 is 0. The van der Waals surface area contributed by atoms with E-state index in [2.05, 4.69) is 133 Å². The molecule has 0 aliphatic rings. The van der Waals surface area contributed by atoms with Crippen molar-refractivity contribution in [1.82, 2.24) is 9.97 Å². The normalized spacial score (nSPS) is 11.6. The van der Waals surface area contributed by atoms with Gasteiger partial charge in [-0.2, -0.15) is 0 Å². The molecule has 2 aromatic heterocycles. The first-order valence-corrected chi connectivity index (χ1v) is 15.2. The Morgan fingerprint density at radius 1 is 0.378 bits per heavy atom. The third-order valence-electron chi connectivity index (χ3n) is 8.69. The molecule has 7 aromatic carbocycles. The van der Waals surface area contributed by atoms with Gasteiger partial charge in [0, 0.05) is 32.7 Å². The van der Waals surface area contributed by atoms with Gasteiger partial charge in [0.15, 0.2) is 5.82 Å². The van der Waals surface area contributed by atoms with E-state index < -0.39 is 0 Å². The quantitative estimate of drug-likeness (QED) is 0.210. The molecule has 9 aromatic rings. The van der Waals surface area contributed by atoms with Crippen molar-refractivity contribution in [3.63, 3.8) is 0 Å². The molecule has 0 amide bonds. The lowest BCUT2D eigenvalue weighted by molar-refractivity contribution is 0.672. The van der Waals surface area contributed by atoms with Crippen molar-refractivity contribution in [3.05, 3.63) is 158 Å². The zero-order chi connectivity index (χ0) is 29.7. The van der Waals surface area contributed by atoms with Gasteiger partial charge in [0.2, 0.25) is 0 Å². The summed E-state index contributed by atoms with van der Waals surface area (Å²) in [6.45, 7) is 0. The average Bonchev–Trinajstić information content (AvgIpc) is 3.51. The summed E-state index contributed by atoms with van der Waals surface area (Å²) in [4.78, 5) is 10.3. The molecule has 0 radical (unpaired) electrons. The number of hydrogen-bond acceptors (Lipinski definition) is 3. The highest BCUT2D eigenvalue weighted by Gasteiger charge is 2.16. The molecule has 9 rings (SSSR count). The molecule has 3 heteroatoms. The first kappa shape index (κ1) is 25.4. The van der Waals surface area contributed by atoms with Crippen molar-refractivity contribution >= 4 is 43.6 Å². The van der Waals surface area contributed by atoms with Gasteiger partial charge in [-0.15, -0.1) is 0 Å². The number of benzene rings is 7. The second kappa shape index (κ2) is 10.3. The number of fused-ring (bicyclic) bond motifs is 6. The van der Waals surface area contributed by atoms with E-state index in [-0.39, 0.29) is 0 Å². The average molecular weight is 575 g/mol. The standard InChI is InChI=1S/C42H26N2O/c1-3-9-27(10-4-1)29-15-17-30(18-16-29)42-43-38-24-21-31(28-11-5-2-6-12-28)26-37(38)40(44-42)33-20-22-34-32(25-33)19-23-36-35-13-7-8-14-39(35)45-41(34)36/h1-26H. The van der Waals surface area contributed by atoms with Crippen LogP contribution < -0.4 is 0 Å². The molecule has 0 N–H and O–H groups in total. The summed E-state index contributed by atoms with van der Waals surface area (Å²) in [7, 11) is 0. The molecule has 0 atom stereocenters. The predicted octanol–water partition coefficient (Wildman–Crippen LogP) is 11.4. The van der Waals surface area contributed by atoms with Gasteiger partial charge in [0.1, 0.15) is 11.2 Å². The molecular weight excluding hydrogens is 548 g/mol. The molecule has 3 nitrogen and oxygen atoms in total. The second-order valence-corrected chi connectivity index (χ2v) is 11.4. The molecule has 0 spiro atoms. The van der Waals surface area contributed by atoms with Crippen molar-refractivity contribution in [2.24, 2.45) is 0 Å². The van der Waals surface area contributed by atoms with Crippen molar-refractivity contribution < 1.29 is 4.42 Å². The summed E-state index contributed by atoms with van der Waals surface area (Å²) in [5, 5.41) is 5.49. The zero-order valence-electron chi connectivity index (χ0n) is 24.3. The van der Waals surface area contributed by atoms with Gasteiger partial charge < -0.3 is 4.42 Å². The fourth-order valence-electron chi connectivity index (χ4n) is 6.39. The Morgan fingerprint density at radius 3 is 1.80 bits per heavy atom. The van der Waals surface area contributed by atoms with E-state index >= 15 is 0 Å². The molecule has 2 heterocycles. The SMILES string of the molecule is c1ccc(-c2ccc(-c3nc(-c4ccc5c(ccc6c7ccccc7oc56)c4)c4cc(-c5ccccc5)ccc4n3)cc2)cc1. The first-order chi connectivity index (χ1) is 22.3. The molecule has 0 bridgehead atoms. The van der Waals surface area contributed by atoms with Crippen LogP contribution in [0.3, 0.4) is 0 Å². The van der Waals surface area contributed by atoms with Gasteiger partial charge in [0.25, 0.3) is 0 Å². The van der Waals surface area contributed by atoms with Gasteiger partial charge in [-0.25, -0.2) is 9.97 Å². The van der Waals surface area contributed by atoms with Crippen molar-refractivity contribution in [2.75, 3.05) is 0 Å². The van der Waals surface area contributed by atoms with Gasteiger partial charge in [0.05, 0.1) is 11.2 Å². The van der Waals surface area contributed by atoms with Crippen LogP contribution in [0.15, 0.2) is 162 Å². The van der Waals surface area contributed by atoms with Gasteiger partial charge in [-0.3, -0.25) is 0 Å². The number of furan rings is 1. The predicted molar refractivity (Wildman–Crippen MR) is 186 cm³/mol. The molecule has 45 heavy (non-hydrogen) atoms. The molecule has 0 saturated carbocycles. The summed E-state index contributed by atoms with van der Waals surface area (Å²) in [6, 6.07) is 55.0. The minimum absolute atomic E-state index is 0.706. The Bertz CT molecular complexity index is 2510. The van der Waals surface area contributed by atoms with Crippen LogP contribution in [0.1, 0.15) is 0 Å². The summed E-state index contributed by atoms with van der Waals surface area (Å²) in [5.74, 6) is 0.706. The molecule has 0 fully saturated rings. The van der Waals surface area contributed by atoms with Crippen LogP contribution in [0, 0.1) is 0 Å². The zero-order valence-corrected chi connectivity index (χ0v) is 24.3. The highest BCUT2D eigenvalue weighted by atomic mass is 16.3. The Kier molecular flexibility index (Phi) is 5.82. The van der Waals surface area contributed by atoms with Crippen LogP contribution in [-0.2, 0) is 0 Å². The van der Waals surface area contributed by atoms with E-state index in [0.717, 1.165) is 71.6 Å². The van der Waals surface area contributed by atoms with Gasteiger partial charge >= 0.3 is 0 Å². The number of hydrogen-bond donors (Lipinski definition) is 0. The molecule has 0 saturated heterocycles. The highest BCUT2D eigenvalue weighted by molar-refractivity contribution is 6.15. The minimum Gasteiger partial charge on any atom is -0.455 e. The third-order valence-corrected chi connectivity index (χ3v) is 8.69. The maximum atomic E-state index is 6.34. The van der Waals surface area contributed by atoms with Gasteiger partial charge in [-0.05, 0) is 64.0 Å². The number of nitrogens with zero attached hydrogens (tertiary/aromatic N) is 2. The Hall–Kier alpha value is -6.06. The van der Waals surface area contributed by atoms with E-state index in [4.69, 9.17) is 14.4 Å². The first-order valence-electron chi connectivity index (χ1n) is 15.2. The van der Waals surface area contributed by atoms with E-state index in [1.54, 1.807) is 0 Å². The van der Waals surface area contributed by atoms with E-state index in [1.807, 2.05) is 24.3 Å². The third kappa shape index (κ3) is 4.37. The summed E-state index contributed by atoms with van der Waals surface area (Å²) in [6.07, 6.45) is 0. The molecule has 0 unspecified atom stereocenters. The molecule has 0 aliphatic carbocycles. The monoisotopic (exact) mass is 574 g/mol. The van der Waals surface area contributed by atoms with Crippen LogP contribution in [0.4, 0.5) is 0 Å². The van der Waals surface area contributed by atoms with Crippen LogP contribution in [0.2, 0.25) is 0 Å². The fourth-order valence-corrected chi connectivity index (χ4v) is 6.39. The molecule has 210 valence electrons. The Morgan fingerprint density at radius 2 is 1.00 bits per heavy atom. The molecular formula is C42H26N2O. The van der Waals surface area contributed by atoms with Crippen LogP contribution in [0.25, 0.3) is 88.5 Å². The lowest BCUT2D eigenvalue weighted by Crippen LogP contribution is -1.96. The Balaban J connectivity index is 1.23.